The number of benzene rings is 2. The molecule has 0 aliphatic carbocycles. The molecule has 3 aromatic rings. The van der Waals surface area contributed by atoms with Crippen LogP contribution >= 0.6 is 0 Å². The number of nitrogens with one attached hydrogen (secondary N) is 1. The van der Waals surface area contributed by atoms with Gasteiger partial charge in [-0.2, -0.15) is 0 Å². The third kappa shape index (κ3) is 3.24. The summed E-state index contributed by atoms with van der Waals surface area (Å²) in [6.45, 7) is -0.0570. The molecule has 2 aromatic carbocycles. The predicted molar refractivity (Wildman–Crippen MR) is 86.2 cm³/mol. The minimum atomic E-state index is -0.254. The van der Waals surface area contributed by atoms with E-state index in [0.717, 1.165) is 16.5 Å². The Morgan fingerprint density at radius 3 is 2.82 bits per heavy atom. The summed E-state index contributed by atoms with van der Waals surface area (Å²) < 4.78 is 5.61. The number of aliphatic hydroxyl groups is 1. The molecule has 0 aliphatic rings. The SMILES string of the molecule is O=C(/C=C/c1cc2ccccc2o1)Nc1cccc(CO)c1. The van der Waals surface area contributed by atoms with E-state index in [1.165, 1.54) is 6.08 Å². The van der Waals surface area contributed by atoms with Crippen LogP contribution in [0.25, 0.3) is 17.0 Å². The summed E-state index contributed by atoms with van der Waals surface area (Å²) in [4.78, 5) is 11.9. The van der Waals surface area contributed by atoms with Gasteiger partial charge in [-0.3, -0.25) is 4.79 Å². The minimum Gasteiger partial charge on any atom is -0.457 e. The smallest absolute Gasteiger partial charge is 0.248 e. The topological polar surface area (TPSA) is 62.5 Å². The molecule has 22 heavy (non-hydrogen) atoms. The van der Waals surface area contributed by atoms with Crippen molar-refractivity contribution in [1.29, 1.82) is 0 Å². The number of aliphatic hydroxyl groups excluding tert-OH is 1. The van der Waals surface area contributed by atoms with Crippen molar-refractivity contribution in [1.82, 2.24) is 0 Å². The molecular formula is C18H15NO3. The molecular weight excluding hydrogens is 278 g/mol. The van der Waals surface area contributed by atoms with Crippen LogP contribution in [0, 0.1) is 0 Å². The van der Waals surface area contributed by atoms with Crippen molar-refractivity contribution in [3.8, 4) is 0 Å². The first-order valence-corrected chi connectivity index (χ1v) is 6.92. The fourth-order valence-corrected chi connectivity index (χ4v) is 2.17. The Bertz CT molecular complexity index is 800. The fraction of sp³-hybridized carbons (Fsp3) is 0.0556. The van der Waals surface area contributed by atoms with E-state index in [-0.39, 0.29) is 12.5 Å². The molecule has 4 nitrogen and oxygen atoms in total. The third-order valence-corrected chi connectivity index (χ3v) is 3.22. The maximum absolute atomic E-state index is 11.9. The maximum Gasteiger partial charge on any atom is 0.248 e. The molecule has 2 N–H and O–H groups in total. The number of amides is 1. The van der Waals surface area contributed by atoms with Crippen molar-refractivity contribution in [2.24, 2.45) is 0 Å². The number of furan rings is 1. The zero-order chi connectivity index (χ0) is 15.4. The lowest BCUT2D eigenvalue weighted by atomic mass is 10.2. The van der Waals surface area contributed by atoms with Crippen LogP contribution in [0.2, 0.25) is 0 Å². The van der Waals surface area contributed by atoms with E-state index in [2.05, 4.69) is 5.32 Å². The quantitative estimate of drug-likeness (QED) is 0.723. The largest absolute Gasteiger partial charge is 0.457 e. The maximum atomic E-state index is 11.9. The van der Waals surface area contributed by atoms with Crippen LogP contribution in [0.3, 0.4) is 0 Å². The molecule has 110 valence electrons. The highest BCUT2D eigenvalue weighted by molar-refractivity contribution is 6.02. The Kier molecular flexibility index (Phi) is 4.03. The summed E-state index contributed by atoms with van der Waals surface area (Å²) in [5, 5.41) is 12.8. The van der Waals surface area contributed by atoms with Crippen LogP contribution in [0.15, 0.2) is 65.1 Å². The summed E-state index contributed by atoms with van der Waals surface area (Å²) in [6.07, 6.45) is 3.05. The minimum absolute atomic E-state index is 0.0570. The Morgan fingerprint density at radius 1 is 1.14 bits per heavy atom. The number of carbonyl (C=O) groups is 1. The molecule has 1 aromatic heterocycles. The summed E-state index contributed by atoms with van der Waals surface area (Å²) in [6, 6.07) is 16.6. The Hall–Kier alpha value is -2.85. The van der Waals surface area contributed by atoms with Gasteiger partial charge in [0, 0.05) is 17.1 Å². The van der Waals surface area contributed by atoms with Crippen molar-refractivity contribution in [2.75, 3.05) is 5.32 Å². The highest BCUT2D eigenvalue weighted by Gasteiger charge is 2.02. The molecule has 0 unspecified atom stereocenters. The van der Waals surface area contributed by atoms with Gasteiger partial charge < -0.3 is 14.8 Å². The van der Waals surface area contributed by atoms with Crippen LogP contribution in [0.1, 0.15) is 11.3 Å². The van der Waals surface area contributed by atoms with Gasteiger partial charge in [0.25, 0.3) is 0 Å². The molecule has 1 heterocycles. The second-order valence-corrected chi connectivity index (χ2v) is 4.87. The van der Waals surface area contributed by atoms with Gasteiger partial charge in [0.15, 0.2) is 0 Å². The molecule has 0 saturated carbocycles. The van der Waals surface area contributed by atoms with E-state index in [1.54, 1.807) is 30.3 Å². The normalized spacial score (nSPS) is 11.1. The van der Waals surface area contributed by atoms with E-state index in [0.29, 0.717) is 11.4 Å². The molecule has 0 radical (unpaired) electrons. The molecule has 0 atom stereocenters. The van der Waals surface area contributed by atoms with Crippen molar-refractivity contribution < 1.29 is 14.3 Å². The number of anilines is 1. The van der Waals surface area contributed by atoms with Crippen molar-refractivity contribution in [2.45, 2.75) is 6.61 Å². The van der Waals surface area contributed by atoms with Gasteiger partial charge in [-0.25, -0.2) is 0 Å². The summed E-state index contributed by atoms with van der Waals surface area (Å²) >= 11 is 0. The molecule has 3 rings (SSSR count). The van der Waals surface area contributed by atoms with E-state index < -0.39 is 0 Å². The van der Waals surface area contributed by atoms with Crippen molar-refractivity contribution in [3.63, 3.8) is 0 Å². The van der Waals surface area contributed by atoms with Crippen LogP contribution in [-0.4, -0.2) is 11.0 Å². The van der Waals surface area contributed by atoms with Gasteiger partial charge >= 0.3 is 0 Å². The van der Waals surface area contributed by atoms with Crippen LogP contribution in [0.5, 0.6) is 0 Å². The molecule has 0 saturated heterocycles. The number of fused-ring (bicyclic) bond motifs is 1. The summed E-state index contributed by atoms with van der Waals surface area (Å²) in [7, 11) is 0. The lowest BCUT2D eigenvalue weighted by molar-refractivity contribution is -0.111. The number of carbonyl (C=O) groups excluding carboxylic acids is 1. The van der Waals surface area contributed by atoms with E-state index in [1.807, 2.05) is 30.3 Å². The molecule has 0 bridgehead atoms. The molecule has 0 aliphatic heterocycles. The average molecular weight is 293 g/mol. The Morgan fingerprint density at radius 2 is 2.00 bits per heavy atom. The fourth-order valence-electron chi connectivity index (χ4n) is 2.17. The monoisotopic (exact) mass is 293 g/mol. The van der Waals surface area contributed by atoms with E-state index in [4.69, 9.17) is 9.52 Å². The van der Waals surface area contributed by atoms with Gasteiger partial charge in [-0.15, -0.1) is 0 Å². The lowest BCUT2D eigenvalue weighted by Gasteiger charge is -2.03. The first-order chi connectivity index (χ1) is 10.7. The van der Waals surface area contributed by atoms with Gasteiger partial charge in [-0.05, 0) is 35.9 Å². The van der Waals surface area contributed by atoms with Crippen LogP contribution in [-0.2, 0) is 11.4 Å². The van der Waals surface area contributed by atoms with Crippen LogP contribution < -0.4 is 5.32 Å². The Balaban J connectivity index is 1.70. The standard InChI is InChI=1S/C18H15NO3/c20-12-13-4-3-6-15(10-13)19-18(21)9-8-16-11-14-5-1-2-7-17(14)22-16/h1-11,20H,12H2,(H,19,21)/b9-8+. The predicted octanol–water partition coefficient (Wildman–Crippen LogP) is 3.58. The average Bonchev–Trinajstić information content (AvgIpc) is 2.96. The van der Waals surface area contributed by atoms with Crippen molar-refractivity contribution >= 4 is 28.6 Å². The molecule has 0 fully saturated rings. The summed E-state index contributed by atoms with van der Waals surface area (Å²) in [5.74, 6) is 0.371. The zero-order valence-corrected chi connectivity index (χ0v) is 11.8. The second-order valence-electron chi connectivity index (χ2n) is 4.87. The zero-order valence-electron chi connectivity index (χ0n) is 11.8. The van der Waals surface area contributed by atoms with Crippen molar-refractivity contribution in [3.05, 3.63) is 72.0 Å². The molecule has 4 heteroatoms. The van der Waals surface area contributed by atoms with E-state index >= 15 is 0 Å². The third-order valence-electron chi connectivity index (χ3n) is 3.22. The van der Waals surface area contributed by atoms with E-state index in [9.17, 15) is 4.79 Å². The second kappa shape index (κ2) is 6.28. The number of rotatable bonds is 4. The van der Waals surface area contributed by atoms with Gasteiger partial charge in [-0.1, -0.05) is 30.3 Å². The first-order valence-electron chi connectivity index (χ1n) is 6.92. The number of hydrogen-bond donors (Lipinski definition) is 2. The highest BCUT2D eigenvalue weighted by atomic mass is 16.3. The van der Waals surface area contributed by atoms with Gasteiger partial charge in [0.05, 0.1) is 6.61 Å². The van der Waals surface area contributed by atoms with Crippen LogP contribution in [0.4, 0.5) is 5.69 Å². The first kappa shape index (κ1) is 14.1. The molecule has 0 spiro atoms. The Labute approximate surface area is 127 Å². The molecule has 1 amide bonds. The number of para-hydroxylation sites is 1. The lowest BCUT2D eigenvalue weighted by Crippen LogP contribution is -2.07. The van der Waals surface area contributed by atoms with Gasteiger partial charge in [0.1, 0.15) is 11.3 Å². The van der Waals surface area contributed by atoms with Gasteiger partial charge in [0.2, 0.25) is 5.91 Å². The highest BCUT2D eigenvalue weighted by Crippen LogP contribution is 2.19. The summed E-state index contributed by atoms with van der Waals surface area (Å²) in [5.41, 5.74) is 2.18. The number of hydrogen-bond acceptors (Lipinski definition) is 3.